The van der Waals surface area contributed by atoms with Gasteiger partial charge in [0.1, 0.15) is 12.6 Å². The van der Waals surface area contributed by atoms with Crippen LogP contribution in [0.4, 0.5) is 5.69 Å². The third-order valence-electron chi connectivity index (χ3n) is 5.34. The lowest BCUT2D eigenvalue weighted by Gasteiger charge is -2.34. The molecule has 2 rings (SSSR count). The molecule has 36 heavy (non-hydrogen) atoms. The van der Waals surface area contributed by atoms with E-state index in [1.165, 1.54) is 11.0 Å². The minimum absolute atomic E-state index is 0.0257. The van der Waals surface area contributed by atoms with Crippen LogP contribution in [0.25, 0.3) is 0 Å². The minimum Gasteiger partial charge on any atom is -0.350 e. The average molecular weight is 577 g/mol. The number of carbonyl (C=O) groups excluding carboxylic acids is 2. The molecule has 2 amide bonds. The Hall–Kier alpha value is -2.00. The van der Waals surface area contributed by atoms with Crippen LogP contribution in [0, 0.1) is 6.92 Å². The number of sulfonamides is 1. The van der Waals surface area contributed by atoms with Gasteiger partial charge in [-0.25, -0.2) is 8.42 Å². The topological polar surface area (TPSA) is 86.8 Å². The van der Waals surface area contributed by atoms with E-state index in [1.54, 1.807) is 44.2 Å². The summed E-state index contributed by atoms with van der Waals surface area (Å²) in [6.45, 7) is 8.56. The van der Waals surface area contributed by atoms with E-state index < -0.39 is 34.1 Å². The molecule has 0 aliphatic heterocycles. The van der Waals surface area contributed by atoms with Gasteiger partial charge in [0.2, 0.25) is 21.8 Å². The summed E-state index contributed by atoms with van der Waals surface area (Å²) in [6.07, 6.45) is 1.33. The molecule has 0 heterocycles. The van der Waals surface area contributed by atoms with E-state index in [1.807, 2.05) is 20.8 Å². The summed E-state index contributed by atoms with van der Waals surface area (Å²) in [5, 5.41) is 3.91. The lowest BCUT2D eigenvalue weighted by atomic mass is 10.1. The second kappa shape index (κ2) is 12.0. The number of nitrogens with one attached hydrogen (secondary N) is 1. The molecular weight excluding hydrogens is 545 g/mol. The van der Waals surface area contributed by atoms with Gasteiger partial charge in [-0.2, -0.15) is 0 Å². The summed E-state index contributed by atoms with van der Waals surface area (Å²) in [7, 11) is -3.86. The number of hydrogen-bond donors (Lipinski definition) is 1. The van der Waals surface area contributed by atoms with Crippen molar-refractivity contribution in [3.05, 3.63) is 62.6 Å². The van der Waals surface area contributed by atoms with Gasteiger partial charge in [0, 0.05) is 17.1 Å². The molecule has 1 N–H and O–H groups in total. The Morgan fingerprint density at radius 1 is 1.03 bits per heavy atom. The van der Waals surface area contributed by atoms with Gasteiger partial charge < -0.3 is 10.2 Å². The fourth-order valence-corrected chi connectivity index (χ4v) is 5.04. The van der Waals surface area contributed by atoms with E-state index in [0.717, 1.165) is 10.6 Å². The van der Waals surface area contributed by atoms with E-state index in [-0.39, 0.29) is 12.5 Å². The normalized spacial score (nSPS) is 12.7. The van der Waals surface area contributed by atoms with Crippen LogP contribution in [0.15, 0.2) is 36.4 Å². The summed E-state index contributed by atoms with van der Waals surface area (Å²) >= 11 is 18.4. The smallest absolute Gasteiger partial charge is 0.244 e. The monoisotopic (exact) mass is 575 g/mol. The Labute approximate surface area is 228 Å². The van der Waals surface area contributed by atoms with Crippen molar-refractivity contribution in [1.29, 1.82) is 0 Å². The molecular formula is C25H32Cl3N3O4S. The zero-order valence-electron chi connectivity index (χ0n) is 21.2. The number of halogens is 3. The SMILES string of the molecule is CC[C@H](C(=O)NC(C)(C)C)N(Cc1ccc(Cl)c(Cl)c1)C(=O)CN(c1cc(Cl)ccc1C)S(C)(=O)=O. The molecule has 1 atom stereocenters. The van der Waals surface area contributed by atoms with Crippen LogP contribution in [-0.2, 0) is 26.2 Å². The maximum Gasteiger partial charge on any atom is 0.244 e. The van der Waals surface area contributed by atoms with Crippen LogP contribution in [-0.4, -0.2) is 49.5 Å². The zero-order valence-corrected chi connectivity index (χ0v) is 24.3. The summed E-state index contributed by atoms with van der Waals surface area (Å²) in [5.41, 5.74) is 1.04. The number of rotatable bonds is 9. The number of aryl methyl sites for hydroxylation is 1. The van der Waals surface area contributed by atoms with Gasteiger partial charge in [-0.1, -0.05) is 53.9 Å². The minimum atomic E-state index is -3.86. The number of anilines is 1. The molecule has 2 aromatic carbocycles. The molecule has 0 bridgehead atoms. The van der Waals surface area contributed by atoms with Gasteiger partial charge in [0.15, 0.2) is 0 Å². The lowest BCUT2D eigenvalue weighted by molar-refractivity contribution is -0.141. The first-order valence-electron chi connectivity index (χ1n) is 11.3. The van der Waals surface area contributed by atoms with Crippen molar-refractivity contribution in [3.8, 4) is 0 Å². The highest BCUT2D eigenvalue weighted by molar-refractivity contribution is 7.92. The van der Waals surface area contributed by atoms with Gasteiger partial charge in [0.25, 0.3) is 0 Å². The van der Waals surface area contributed by atoms with Crippen LogP contribution in [0.5, 0.6) is 0 Å². The fourth-order valence-electron chi connectivity index (χ4n) is 3.65. The van der Waals surface area contributed by atoms with Crippen LogP contribution >= 0.6 is 34.8 Å². The number of nitrogens with zero attached hydrogens (tertiary/aromatic N) is 2. The van der Waals surface area contributed by atoms with Crippen molar-refractivity contribution in [2.75, 3.05) is 17.1 Å². The maximum atomic E-state index is 13.7. The van der Waals surface area contributed by atoms with Crippen LogP contribution in [0.1, 0.15) is 45.2 Å². The quantitative estimate of drug-likeness (QED) is 0.430. The highest BCUT2D eigenvalue weighted by atomic mass is 35.5. The molecule has 0 aromatic heterocycles. The molecule has 0 fully saturated rings. The summed E-state index contributed by atoms with van der Waals surface area (Å²) in [5.74, 6) is -0.898. The zero-order chi connectivity index (χ0) is 27.4. The van der Waals surface area contributed by atoms with Gasteiger partial charge in [-0.3, -0.25) is 13.9 Å². The lowest BCUT2D eigenvalue weighted by Crippen LogP contribution is -2.55. The number of carbonyl (C=O) groups is 2. The van der Waals surface area contributed by atoms with Crippen molar-refractivity contribution >= 4 is 62.3 Å². The van der Waals surface area contributed by atoms with E-state index in [9.17, 15) is 18.0 Å². The predicted molar refractivity (Wildman–Crippen MR) is 147 cm³/mol. The Balaban J connectivity index is 2.53. The predicted octanol–water partition coefficient (Wildman–Crippen LogP) is 5.44. The second-order valence-electron chi connectivity index (χ2n) is 9.63. The Morgan fingerprint density at radius 2 is 1.67 bits per heavy atom. The molecule has 0 spiro atoms. The first-order valence-corrected chi connectivity index (χ1v) is 14.3. The van der Waals surface area contributed by atoms with Crippen LogP contribution < -0.4 is 9.62 Å². The highest BCUT2D eigenvalue weighted by Gasteiger charge is 2.33. The van der Waals surface area contributed by atoms with Crippen LogP contribution in [0.3, 0.4) is 0 Å². The molecule has 0 radical (unpaired) electrons. The molecule has 198 valence electrons. The average Bonchev–Trinajstić information content (AvgIpc) is 2.74. The van der Waals surface area contributed by atoms with E-state index in [0.29, 0.717) is 38.3 Å². The van der Waals surface area contributed by atoms with Crippen molar-refractivity contribution in [2.45, 2.75) is 59.2 Å². The van der Waals surface area contributed by atoms with Crippen molar-refractivity contribution < 1.29 is 18.0 Å². The van der Waals surface area contributed by atoms with Gasteiger partial charge >= 0.3 is 0 Å². The molecule has 7 nitrogen and oxygen atoms in total. The summed E-state index contributed by atoms with van der Waals surface area (Å²) in [4.78, 5) is 28.3. The summed E-state index contributed by atoms with van der Waals surface area (Å²) < 4.78 is 26.5. The molecule has 0 saturated heterocycles. The van der Waals surface area contributed by atoms with E-state index >= 15 is 0 Å². The standard InChI is InChI=1S/C25H32Cl3N3O4S/c1-7-21(24(33)29-25(3,4)5)30(14-17-9-11-19(27)20(28)12-17)23(32)15-31(36(6,34)35)22-13-18(26)10-8-16(22)2/h8-13,21H,7,14-15H2,1-6H3,(H,29,33)/t21-/m1/s1. The molecule has 11 heteroatoms. The van der Waals surface area contributed by atoms with Crippen molar-refractivity contribution in [2.24, 2.45) is 0 Å². The fraction of sp³-hybridized carbons (Fsp3) is 0.440. The highest BCUT2D eigenvalue weighted by Crippen LogP contribution is 2.28. The Kier molecular flexibility index (Phi) is 10.1. The first-order chi connectivity index (χ1) is 16.5. The molecule has 0 saturated carbocycles. The molecule has 0 aliphatic rings. The maximum absolute atomic E-state index is 13.7. The van der Waals surface area contributed by atoms with E-state index in [2.05, 4.69) is 5.32 Å². The molecule has 2 aromatic rings. The Morgan fingerprint density at radius 3 is 2.19 bits per heavy atom. The van der Waals surface area contributed by atoms with Crippen molar-refractivity contribution in [1.82, 2.24) is 10.2 Å². The number of benzene rings is 2. The second-order valence-corrected chi connectivity index (χ2v) is 12.8. The van der Waals surface area contributed by atoms with E-state index in [4.69, 9.17) is 34.8 Å². The van der Waals surface area contributed by atoms with Crippen molar-refractivity contribution in [3.63, 3.8) is 0 Å². The Bertz CT molecular complexity index is 1230. The van der Waals surface area contributed by atoms with Crippen LogP contribution in [0.2, 0.25) is 15.1 Å². The molecule has 0 aliphatic carbocycles. The van der Waals surface area contributed by atoms with Gasteiger partial charge in [0.05, 0.1) is 22.0 Å². The molecule has 0 unspecified atom stereocenters. The largest absolute Gasteiger partial charge is 0.350 e. The van der Waals surface area contributed by atoms with Gasteiger partial charge in [-0.15, -0.1) is 0 Å². The third kappa shape index (κ3) is 8.26. The third-order valence-corrected chi connectivity index (χ3v) is 7.44. The number of hydrogen-bond acceptors (Lipinski definition) is 4. The summed E-state index contributed by atoms with van der Waals surface area (Å²) in [6, 6.07) is 8.90. The van der Waals surface area contributed by atoms with Gasteiger partial charge in [-0.05, 0) is 69.5 Å². The first kappa shape index (κ1) is 30.2. The number of amides is 2.